The van der Waals surface area contributed by atoms with Gasteiger partial charge in [-0.25, -0.2) is 4.98 Å². The first-order chi connectivity index (χ1) is 8.81. The van der Waals surface area contributed by atoms with Crippen molar-refractivity contribution in [1.82, 2.24) is 9.38 Å². The Kier molecular flexibility index (Phi) is 2.51. The quantitative estimate of drug-likeness (QED) is 0.666. The van der Waals surface area contributed by atoms with E-state index in [1.54, 1.807) is 12.3 Å². The fourth-order valence-electron chi connectivity index (χ4n) is 1.95. The summed E-state index contributed by atoms with van der Waals surface area (Å²) in [4.78, 5) is 4.28. The molecule has 0 amide bonds. The third-order valence-electron chi connectivity index (χ3n) is 2.81. The van der Waals surface area contributed by atoms with Crippen LogP contribution >= 0.6 is 11.6 Å². The SMILES string of the molecule is N#Cc1c(Cl)ccn2c(-c3ccccc3)cnc12. The largest absolute Gasteiger partial charge is 0.298 e. The summed E-state index contributed by atoms with van der Waals surface area (Å²) in [5.41, 5.74) is 2.99. The van der Waals surface area contributed by atoms with Crippen LogP contribution < -0.4 is 0 Å². The molecule has 2 aromatic heterocycles. The maximum atomic E-state index is 9.11. The molecule has 0 fully saturated rings. The number of hydrogen-bond acceptors (Lipinski definition) is 2. The number of fused-ring (bicyclic) bond motifs is 1. The van der Waals surface area contributed by atoms with Gasteiger partial charge >= 0.3 is 0 Å². The molecule has 0 atom stereocenters. The molecule has 0 saturated carbocycles. The zero-order valence-corrected chi connectivity index (χ0v) is 10.1. The van der Waals surface area contributed by atoms with E-state index in [9.17, 15) is 0 Å². The summed E-state index contributed by atoms with van der Waals surface area (Å²) in [6.07, 6.45) is 3.58. The average Bonchev–Trinajstić information content (AvgIpc) is 2.83. The van der Waals surface area contributed by atoms with Gasteiger partial charge in [0.1, 0.15) is 11.6 Å². The monoisotopic (exact) mass is 253 g/mol. The van der Waals surface area contributed by atoms with Crippen LogP contribution in [0.5, 0.6) is 0 Å². The zero-order chi connectivity index (χ0) is 12.5. The highest BCUT2D eigenvalue weighted by atomic mass is 35.5. The molecule has 0 saturated heterocycles. The molecular weight excluding hydrogens is 246 g/mol. The molecule has 0 bridgehead atoms. The van der Waals surface area contributed by atoms with Gasteiger partial charge in [0.25, 0.3) is 0 Å². The van der Waals surface area contributed by atoms with E-state index < -0.39 is 0 Å². The van der Waals surface area contributed by atoms with Gasteiger partial charge in [-0.15, -0.1) is 0 Å². The average molecular weight is 254 g/mol. The summed E-state index contributed by atoms with van der Waals surface area (Å²) in [5.74, 6) is 0. The predicted octanol–water partition coefficient (Wildman–Crippen LogP) is 3.53. The molecule has 3 aromatic rings. The van der Waals surface area contributed by atoms with Crippen LogP contribution in [0.15, 0.2) is 48.8 Å². The van der Waals surface area contributed by atoms with E-state index in [4.69, 9.17) is 16.9 Å². The summed E-state index contributed by atoms with van der Waals surface area (Å²) in [6.45, 7) is 0. The van der Waals surface area contributed by atoms with Gasteiger partial charge in [-0.3, -0.25) is 4.40 Å². The van der Waals surface area contributed by atoms with Crippen LogP contribution in [0, 0.1) is 11.3 Å². The molecule has 0 aliphatic rings. The Morgan fingerprint density at radius 1 is 1.17 bits per heavy atom. The van der Waals surface area contributed by atoms with E-state index >= 15 is 0 Å². The van der Waals surface area contributed by atoms with Crippen molar-refractivity contribution in [3.8, 4) is 17.3 Å². The van der Waals surface area contributed by atoms with Crippen molar-refractivity contribution in [2.45, 2.75) is 0 Å². The first kappa shape index (κ1) is 10.8. The zero-order valence-electron chi connectivity index (χ0n) is 9.34. The van der Waals surface area contributed by atoms with E-state index in [0.717, 1.165) is 11.3 Å². The molecule has 86 valence electrons. The molecule has 1 aromatic carbocycles. The lowest BCUT2D eigenvalue weighted by Gasteiger charge is -2.03. The number of rotatable bonds is 1. The Balaban J connectivity index is 2.32. The van der Waals surface area contributed by atoms with Gasteiger partial charge in [0, 0.05) is 11.8 Å². The van der Waals surface area contributed by atoms with Crippen LogP contribution in [0.3, 0.4) is 0 Å². The summed E-state index contributed by atoms with van der Waals surface area (Å²) in [5, 5.41) is 9.53. The molecule has 18 heavy (non-hydrogen) atoms. The maximum absolute atomic E-state index is 9.11. The molecule has 0 unspecified atom stereocenters. The number of imidazole rings is 1. The molecular formula is C14H8ClN3. The minimum Gasteiger partial charge on any atom is -0.298 e. The molecule has 0 aliphatic carbocycles. The van der Waals surface area contributed by atoms with Crippen molar-refractivity contribution in [2.75, 3.05) is 0 Å². The highest BCUT2D eigenvalue weighted by molar-refractivity contribution is 6.32. The minimum absolute atomic E-state index is 0.404. The van der Waals surface area contributed by atoms with Crippen LogP contribution in [0.1, 0.15) is 5.56 Å². The van der Waals surface area contributed by atoms with Gasteiger partial charge in [-0.1, -0.05) is 41.9 Å². The number of nitrogens with zero attached hydrogens (tertiary/aromatic N) is 3. The number of aromatic nitrogens is 2. The molecule has 0 N–H and O–H groups in total. The lowest BCUT2D eigenvalue weighted by atomic mass is 10.2. The Bertz CT molecular complexity index is 754. The van der Waals surface area contributed by atoms with E-state index in [1.807, 2.05) is 40.9 Å². The number of nitriles is 1. The van der Waals surface area contributed by atoms with Crippen molar-refractivity contribution in [1.29, 1.82) is 5.26 Å². The third-order valence-corrected chi connectivity index (χ3v) is 3.13. The van der Waals surface area contributed by atoms with E-state index in [2.05, 4.69) is 11.1 Å². The van der Waals surface area contributed by atoms with Crippen LogP contribution in [-0.4, -0.2) is 9.38 Å². The van der Waals surface area contributed by atoms with Crippen LogP contribution in [0.2, 0.25) is 5.02 Å². The van der Waals surface area contributed by atoms with Gasteiger partial charge in [-0.2, -0.15) is 5.26 Å². The van der Waals surface area contributed by atoms with Crippen molar-refractivity contribution in [2.24, 2.45) is 0 Å². The lowest BCUT2D eigenvalue weighted by molar-refractivity contribution is 1.18. The molecule has 2 heterocycles. The van der Waals surface area contributed by atoms with Crippen LogP contribution in [0.25, 0.3) is 16.9 Å². The highest BCUT2D eigenvalue weighted by Gasteiger charge is 2.11. The summed E-state index contributed by atoms with van der Waals surface area (Å²) < 4.78 is 1.87. The normalized spacial score (nSPS) is 10.4. The molecule has 3 rings (SSSR count). The van der Waals surface area contributed by atoms with E-state index in [0.29, 0.717) is 16.2 Å². The number of pyridine rings is 1. The second kappa shape index (κ2) is 4.17. The summed E-state index contributed by atoms with van der Waals surface area (Å²) in [7, 11) is 0. The van der Waals surface area contributed by atoms with E-state index in [1.165, 1.54) is 0 Å². The third kappa shape index (κ3) is 1.55. The van der Waals surface area contributed by atoms with Gasteiger partial charge in [0.05, 0.1) is 16.9 Å². The van der Waals surface area contributed by atoms with Crippen LogP contribution in [0.4, 0.5) is 0 Å². The van der Waals surface area contributed by atoms with Gasteiger partial charge < -0.3 is 0 Å². The van der Waals surface area contributed by atoms with Crippen LogP contribution in [-0.2, 0) is 0 Å². The predicted molar refractivity (Wildman–Crippen MR) is 70.4 cm³/mol. The Morgan fingerprint density at radius 3 is 2.67 bits per heavy atom. The van der Waals surface area contributed by atoms with Crippen molar-refractivity contribution < 1.29 is 0 Å². The minimum atomic E-state index is 0.404. The molecule has 0 aliphatic heterocycles. The fourth-order valence-corrected chi connectivity index (χ4v) is 2.14. The molecule has 0 radical (unpaired) electrons. The van der Waals surface area contributed by atoms with Gasteiger partial charge in [0.2, 0.25) is 0 Å². The highest BCUT2D eigenvalue weighted by Crippen LogP contribution is 2.25. The topological polar surface area (TPSA) is 41.1 Å². The van der Waals surface area contributed by atoms with Gasteiger partial charge in [0.15, 0.2) is 5.65 Å². The van der Waals surface area contributed by atoms with Crippen molar-refractivity contribution in [3.63, 3.8) is 0 Å². The first-order valence-corrected chi connectivity index (χ1v) is 5.80. The van der Waals surface area contributed by atoms with Gasteiger partial charge in [-0.05, 0) is 6.07 Å². The Morgan fingerprint density at radius 2 is 1.94 bits per heavy atom. The summed E-state index contributed by atoms with van der Waals surface area (Å²) >= 11 is 5.98. The number of benzene rings is 1. The fraction of sp³-hybridized carbons (Fsp3) is 0. The number of hydrogen-bond donors (Lipinski definition) is 0. The second-order valence-electron chi connectivity index (χ2n) is 3.85. The Hall–Kier alpha value is -2.31. The number of halogens is 1. The Labute approximate surface area is 109 Å². The van der Waals surface area contributed by atoms with E-state index in [-0.39, 0.29) is 0 Å². The lowest BCUT2D eigenvalue weighted by Crippen LogP contribution is -1.91. The smallest absolute Gasteiger partial charge is 0.156 e. The first-order valence-electron chi connectivity index (χ1n) is 5.42. The van der Waals surface area contributed by atoms with Crippen molar-refractivity contribution in [3.05, 3.63) is 59.4 Å². The second-order valence-corrected chi connectivity index (χ2v) is 4.26. The van der Waals surface area contributed by atoms with Crippen molar-refractivity contribution >= 4 is 17.2 Å². The molecule has 0 spiro atoms. The maximum Gasteiger partial charge on any atom is 0.156 e. The molecule has 4 heteroatoms. The summed E-state index contributed by atoms with van der Waals surface area (Å²) in [6, 6.07) is 13.7. The standard InChI is InChI=1S/C14H8ClN3/c15-12-6-7-18-13(10-4-2-1-3-5-10)9-17-14(18)11(12)8-16/h1-7,9H. The molecule has 3 nitrogen and oxygen atoms in total.